The highest BCUT2D eigenvalue weighted by Gasteiger charge is 2.67. The lowest BCUT2D eigenvalue weighted by molar-refractivity contribution is -0.123. The van der Waals surface area contributed by atoms with Crippen molar-refractivity contribution in [1.82, 2.24) is 34.4 Å². The molecule has 6 aromatic rings. The normalized spacial score (nSPS) is 17.2. The predicted octanol–water partition coefficient (Wildman–Crippen LogP) is 6.76. The predicted molar refractivity (Wildman–Crippen MR) is 204 cm³/mol. The number of nitrogens with one attached hydrogen (secondary N) is 2. The van der Waals surface area contributed by atoms with E-state index in [9.17, 15) is 40.0 Å². The van der Waals surface area contributed by atoms with Crippen LogP contribution < -0.4 is 20.3 Å². The van der Waals surface area contributed by atoms with Gasteiger partial charge in [-0.3, -0.25) is 32.6 Å². The van der Waals surface area contributed by atoms with E-state index < -0.39 is 94.4 Å². The summed E-state index contributed by atoms with van der Waals surface area (Å²) in [4.78, 5) is 33.6. The molecule has 60 heavy (non-hydrogen) atoms. The third kappa shape index (κ3) is 7.41. The number of fused-ring (bicyclic) bond motifs is 5. The number of halogens is 8. The highest BCUT2D eigenvalue weighted by Crippen LogP contribution is 2.68. The number of nitrogens with zero attached hydrogens (tertiary/aromatic N) is 6. The van der Waals surface area contributed by atoms with Crippen molar-refractivity contribution in [2.45, 2.75) is 50.1 Å². The zero-order chi connectivity index (χ0) is 43.0. The zero-order valence-corrected chi connectivity index (χ0v) is 32.9. The summed E-state index contributed by atoms with van der Waals surface area (Å²) >= 11 is 6.58. The maximum absolute atomic E-state index is 15.5. The van der Waals surface area contributed by atoms with Crippen molar-refractivity contribution >= 4 is 55.2 Å². The van der Waals surface area contributed by atoms with E-state index in [0.717, 1.165) is 23.0 Å². The van der Waals surface area contributed by atoms with Crippen LogP contribution in [0.1, 0.15) is 59.6 Å². The minimum Gasteiger partial charge on any atom is -0.493 e. The Hall–Kier alpha value is -5.70. The van der Waals surface area contributed by atoms with Crippen molar-refractivity contribution < 1.29 is 48.7 Å². The molecule has 316 valence electrons. The Morgan fingerprint density at radius 1 is 1.08 bits per heavy atom. The molecule has 1 saturated carbocycles. The molecule has 2 aliphatic rings. The number of benzene rings is 3. The minimum atomic E-state index is -3.92. The molecule has 3 atom stereocenters. The summed E-state index contributed by atoms with van der Waals surface area (Å²) in [7, 11) is -2.49. The van der Waals surface area contributed by atoms with Crippen LogP contribution in [0.2, 0.25) is 5.02 Å². The van der Waals surface area contributed by atoms with Crippen LogP contribution in [0.5, 0.6) is 5.75 Å². The van der Waals surface area contributed by atoms with Crippen molar-refractivity contribution in [2.24, 2.45) is 13.0 Å². The summed E-state index contributed by atoms with van der Waals surface area (Å²) in [5.74, 6) is -9.02. The molecule has 1 fully saturated rings. The number of aryl methyl sites for hydroxylation is 1. The Morgan fingerprint density at radius 2 is 1.82 bits per heavy atom. The average Bonchev–Trinajstić information content (AvgIpc) is 3.70. The van der Waals surface area contributed by atoms with Crippen LogP contribution in [0.25, 0.3) is 27.5 Å². The molecule has 0 bridgehead atoms. The lowest BCUT2D eigenvalue weighted by Gasteiger charge is -2.24. The molecular formula is C38H32ClF7N8O5S. The molecule has 2 N–H and O–H groups in total. The molecule has 0 unspecified atom stereocenters. The summed E-state index contributed by atoms with van der Waals surface area (Å²) in [6.45, 7) is -1.71. The van der Waals surface area contributed by atoms with Crippen LogP contribution in [0.15, 0.2) is 53.3 Å². The second kappa shape index (κ2) is 15.1. The first-order valence-corrected chi connectivity index (χ1v) is 20.5. The molecule has 22 heteroatoms. The van der Waals surface area contributed by atoms with Crippen LogP contribution in [0.4, 0.5) is 36.6 Å². The number of alkyl halides is 5. The summed E-state index contributed by atoms with van der Waals surface area (Å²) in [5.41, 5.74) is -2.78. The number of carbonyl (C=O) groups is 1. The lowest BCUT2D eigenvalue weighted by atomic mass is 10.0. The van der Waals surface area contributed by atoms with Gasteiger partial charge in [-0.2, -0.15) is 19.0 Å². The average molecular weight is 881 g/mol. The molecule has 1 amide bonds. The Labute approximate surface area is 340 Å². The monoisotopic (exact) mass is 880 g/mol. The van der Waals surface area contributed by atoms with Gasteiger partial charge >= 0.3 is 0 Å². The van der Waals surface area contributed by atoms with E-state index in [4.69, 9.17) is 21.3 Å². The smallest absolute Gasteiger partial charge is 0.293 e. The van der Waals surface area contributed by atoms with Crippen LogP contribution in [0, 0.1) is 17.6 Å². The number of sulfonamides is 1. The Bertz CT molecular complexity index is 2880. The molecule has 13 nitrogen and oxygen atoms in total. The van der Waals surface area contributed by atoms with E-state index in [2.05, 4.69) is 20.2 Å². The van der Waals surface area contributed by atoms with Gasteiger partial charge in [-0.05, 0) is 54.3 Å². The van der Waals surface area contributed by atoms with E-state index >= 15 is 8.78 Å². The van der Waals surface area contributed by atoms with Crippen molar-refractivity contribution in [1.29, 1.82) is 0 Å². The van der Waals surface area contributed by atoms with E-state index in [-0.39, 0.29) is 80.5 Å². The number of aromatic nitrogens is 6. The van der Waals surface area contributed by atoms with Crippen molar-refractivity contribution in [2.75, 3.05) is 24.3 Å². The van der Waals surface area contributed by atoms with E-state index in [1.807, 2.05) is 0 Å². The molecular weight excluding hydrogens is 849 g/mol. The molecule has 0 radical (unpaired) electrons. The molecule has 0 aliphatic heterocycles. The molecule has 3 heterocycles. The summed E-state index contributed by atoms with van der Waals surface area (Å²) in [6.07, 6.45) is -2.79. The zero-order valence-electron chi connectivity index (χ0n) is 31.3. The van der Waals surface area contributed by atoms with E-state index in [1.165, 1.54) is 42.1 Å². The van der Waals surface area contributed by atoms with Crippen molar-refractivity contribution in [3.8, 4) is 11.4 Å². The second-order valence-corrected chi connectivity index (χ2v) is 16.8. The van der Waals surface area contributed by atoms with Gasteiger partial charge < -0.3 is 10.1 Å². The molecule has 3 aromatic carbocycles. The fourth-order valence-corrected chi connectivity index (χ4v) is 8.63. The van der Waals surface area contributed by atoms with Gasteiger partial charge in [0.05, 0.1) is 58.1 Å². The number of carbonyl (C=O) groups excluding carboxylic acids is 1. The van der Waals surface area contributed by atoms with Crippen LogP contribution in [-0.4, -0.2) is 63.0 Å². The van der Waals surface area contributed by atoms with Gasteiger partial charge in [0.1, 0.15) is 41.1 Å². The maximum Gasteiger partial charge on any atom is 0.293 e. The fourth-order valence-electron chi connectivity index (χ4n) is 7.89. The highest BCUT2D eigenvalue weighted by molar-refractivity contribution is 7.92. The lowest BCUT2D eigenvalue weighted by Crippen LogP contribution is -2.38. The first-order chi connectivity index (χ1) is 28.4. The molecule has 0 spiro atoms. The summed E-state index contributed by atoms with van der Waals surface area (Å²) < 4.78 is 137. The number of anilines is 1. The van der Waals surface area contributed by atoms with Crippen molar-refractivity contribution in [3.05, 3.63) is 104 Å². The number of hydrogen-bond acceptors (Lipinski definition) is 8. The highest BCUT2D eigenvalue weighted by atomic mass is 35.5. The van der Waals surface area contributed by atoms with Gasteiger partial charge in [-0.25, -0.2) is 31.0 Å². The van der Waals surface area contributed by atoms with Crippen molar-refractivity contribution in [3.63, 3.8) is 0 Å². The second-order valence-electron chi connectivity index (χ2n) is 14.6. The number of amides is 1. The first kappa shape index (κ1) is 41.1. The quantitative estimate of drug-likeness (QED) is 0.0900. The van der Waals surface area contributed by atoms with Gasteiger partial charge in [0.15, 0.2) is 5.82 Å². The Morgan fingerprint density at radius 3 is 2.50 bits per heavy atom. The topological polar surface area (TPSA) is 155 Å². The number of hydrogen-bond donors (Lipinski definition) is 2. The molecule has 2 aliphatic carbocycles. The minimum absolute atomic E-state index is 0.0101. The van der Waals surface area contributed by atoms with Gasteiger partial charge in [0.25, 0.3) is 17.9 Å². The maximum atomic E-state index is 15.5. The fraction of sp³-hybridized carbons (Fsp3) is 0.342. The largest absolute Gasteiger partial charge is 0.493 e. The Kier molecular flexibility index (Phi) is 10.3. The van der Waals surface area contributed by atoms with Crippen LogP contribution in [-0.2, 0) is 40.8 Å². The summed E-state index contributed by atoms with van der Waals surface area (Å²) in [6, 6.07) is 7.87. The van der Waals surface area contributed by atoms with Crippen LogP contribution in [0.3, 0.4) is 0 Å². The molecule has 8 rings (SSSR count). The summed E-state index contributed by atoms with van der Waals surface area (Å²) in [5, 5.41) is 10.6. The van der Waals surface area contributed by atoms with Gasteiger partial charge in [0, 0.05) is 43.5 Å². The number of ether oxygens (including phenoxy) is 1. The third-order valence-corrected chi connectivity index (χ3v) is 11.2. The standard InChI is InChI=1S/C38H32ClF7N8O5S/c1-52-32-27(7-6-24(39)30(32)35(50-52)51-60(2,57)58)54-36(48-25-14-20(59-9-3-8-40)4-5-21(25)37(54)56)26(12-17-10-18(41)13-19(42)11-17)47-28(55)16-53-33-29(31(49-53)34(43)44)22-15-23(22)38(33,45)46/h4-7,10-11,13-14,22-23,26,34H,3,8-9,12,15-16H2,1-2H3,(H,47,55)(H,50,51)/t22-,23+,26+/m1/s1. The Balaban J connectivity index is 1.32. The molecule has 3 aromatic heterocycles. The van der Waals surface area contributed by atoms with E-state index in [1.54, 1.807) is 0 Å². The van der Waals surface area contributed by atoms with Gasteiger partial charge in [-0.15, -0.1) is 0 Å². The van der Waals surface area contributed by atoms with Crippen LogP contribution >= 0.6 is 11.6 Å². The van der Waals surface area contributed by atoms with Gasteiger partial charge in [-0.1, -0.05) is 11.6 Å². The first-order valence-electron chi connectivity index (χ1n) is 18.3. The van der Waals surface area contributed by atoms with E-state index in [0.29, 0.717) is 10.7 Å². The third-order valence-electron chi connectivity index (χ3n) is 10.3. The molecule has 0 saturated heterocycles. The SMILES string of the molecule is Cn1nc(NS(C)(=O)=O)c2c(Cl)ccc(-n3c([C@H](Cc4cc(F)cc(F)c4)NC(=O)Cn4nc(C(F)F)c5c4C(F)(F)[C@H]4C[C@@H]54)nc4cc(OCCCF)ccc4c3=O)c21. The number of rotatable bonds is 14. The van der Waals surface area contributed by atoms with Gasteiger partial charge in [0.2, 0.25) is 15.9 Å².